The van der Waals surface area contributed by atoms with Gasteiger partial charge in [-0.25, -0.2) is 14.2 Å². The lowest BCUT2D eigenvalue weighted by Gasteiger charge is -2.35. The molecule has 132 valence electrons. The van der Waals surface area contributed by atoms with Gasteiger partial charge in [0.1, 0.15) is 5.52 Å². The fourth-order valence-electron chi connectivity index (χ4n) is 3.56. The Labute approximate surface area is 150 Å². The molecule has 0 atom stereocenters. The van der Waals surface area contributed by atoms with Gasteiger partial charge in [0, 0.05) is 30.9 Å². The molecule has 0 aliphatic heterocycles. The summed E-state index contributed by atoms with van der Waals surface area (Å²) in [6.07, 6.45) is 6.06. The van der Waals surface area contributed by atoms with Crippen LogP contribution in [0.15, 0.2) is 36.7 Å². The summed E-state index contributed by atoms with van der Waals surface area (Å²) in [4.78, 5) is 4.51. The van der Waals surface area contributed by atoms with E-state index in [9.17, 15) is 0 Å². The van der Waals surface area contributed by atoms with Gasteiger partial charge in [-0.2, -0.15) is 0 Å². The maximum absolute atomic E-state index is 4.61. The van der Waals surface area contributed by atoms with Crippen molar-refractivity contribution in [3.63, 3.8) is 0 Å². The molecule has 5 rings (SSSR count). The Hall–Kier alpha value is -3.00. The van der Waals surface area contributed by atoms with Gasteiger partial charge >= 0.3 is 0 Å². The van der Waals surface area contributed by atoms with Gasteiger partial charge < -0.3 is 10.6 Å². The molecule has 1 saturated carbocycles. The number of benzene rings is 1. The average Bonchev–Trinajstić information content (AvgIpc) is 3.21. The van der Waals surface area contributed by atoms with Gasteiger partial charge in [0.25, 0.3) is 0 Å². The van der Waals surface area contributed by atoms with Gasteiger partial charge in [-0.05, 0) is 43.7 Å². The molecule has 26 heavy (non-hydrogen) atoms. The number of anilines is 1. The Morgan fingerprint density at radius 2 is 2.00 bits per heavy atom. The largest absolute Gasteiger partial charge is 0.350 e. The molecule has 0 bridgehead atoms. The fourth-order valence-corrected chi connectivity index (χ4v) is 3.56. The van der Waals surface area contributed by atoms with Crippen molar-refractivity contribution in [2.75, 3.05) is 12.4 Å². The monoisotopic (exact) mass is 348 g/mol. The second-order valence-corrected chi connectivity index (χ2v) is 6.86. The maximum atomic E-state index is 4.61. The molecule has 1 aromatic carbocycles. The van der Waals surface area contributed by atoms with Gasteiger partial charge in [0.05, 0.1) is 17.2 Å². The molecule has 8 heteroatoms. The number of aryl methyl sites for hydroxylation is 1. The first-order valence-electron chi connectivity index (χ1n) is 8.79. The quantitative estimate of drug-likeness (QED) is 0.585. The van der Waals surface area contributed by atoms with Crippen molar-refractivity contribution in [3.8, 4) is 11.1 Å². The number of nitrogens with zero attached hydrogens (tertiary/aromatic N) is 6. The Morgan fingerprint density at radius 3 is 2.85 bits per heavy atom. The molecule has 0 saturated heterocycles. The third-order valence-corrected chi connectivity index (χ3v) is 5.22. The highest BCUT2D eigenvalue weighted by Gasteiger charge is 2.28. The van der Waals surface area contributed by atoms with Crippen LogP contribution in [0.2, 0.25) is 0 Å². The van der Waals surface area contributed by atoms with Gasteiger partial charge in [-0.1, -0.05) is 11.3 Å². The Kier molecular flexibility index (Phi) is 3.39. The summed E-state index contributed by atoms with van der Waals surface area (Å²) in [5.41, 5.74) is 5.07. The second-order valence-electron chi connectivity index (χ2n) is 6.86. The van der Waals surface area contributed by atoms with Crippen LogP contribution in [0.5, 0.6) is 0 Å². The molecule has 8 nitrogen and oxygen atoms in total. The fraction of sp³-hybridized carbons (Fsp3) is 0.333. The lowest BCUT2D eigenvalue weighted by molar-refractivity contribution is 0.325. The Bertz CT molecular complexity index is 1090. The van der Waals surface area contributed by atoms with E-state index in [1.165, 1.54) is 0 Å². The van der Waals surface area contributed by atoms with Crippen LogP contribution >= 0.6 is 0 Å². The van der Waals surface area contributed by atoms with Crippen LogP contribution < -0.4 is 10.6 Å². The summed E-state index contributed by atoms with van der Waals surface area (Å²) in [6, 6.07) is 9.27. The van der Waals surface area contributed by atoms with Crippen LogP contribution in [0.3, 0.4) is 0 Å². The zero-order valence-corrected chi connectivity index (χ0v) is 14.7. The van der Waals surface area contributed by atoms with Gasteiger partial charge in [0.2, 0.25) is 5.95 Å². The molecule has 0 spiro atoms. The second kappa shape index (κ2) is 5.77. The molecule has 1 aliphatic rings. The standard InChI is InChI=1S/C18H20N8/c1-19-12-8-13(9-12)21-18-20-10-17-14(5-6-26(17)23-18)11-3-4-15-16(7-11)25(2)24-22-15/h3-7,10,12-13,19H,8-9H2,1-2H3,(H,21,23). The maximum Gasteiger partial charge on any atom is 0.241 e. The van der Waals surface area contributed by atoms with Crippen LogP contribution in [-0.4, -0.2) is 48.7 Å². The number of rotatable bonds is 4. The summed E-state index contributed by atoms with van der Waals surface area (Å²) in [7, 11) is 3.90. The zero-order chi connectivity index (χ0) is 17.7. The van der Waals surface area contributed by atoms with Crippen LogP contribution in [0.25, 0.3) is 27.7 Å². The number of aromatic nitrogens is 6. The number of hydrogen-bond donors (Lipinski definition) is 2. The smallest absolute Gasteiger partial charge is 0.241 e. The normalized spacial score (nSPS) is 19.8. The topological polar surface area (TPSA) is 85.0 Å². The number of hydrogen-bond acceptors (Lipinski definition) is 6. The third kappa shape index (κ3) is 2.41. The van der Waals surface area contributed by atoms with Crippen molar-refractivity contribution < 1.29 is 0 Å². The Morgan fingerprint density at radius 1 is 1.12 bits per heavy atom. The molecular formula is C18H20N8. The van der Waals surface area contributed by atoms with Crippen molar-refractivity contribution in [2.24, 2.45) is 7.05 Å². The SMILES string of the molecule is CNC1CC(Nc2ncc3c(-c4ccc5nnn(C)c5c4)ccn3n2)C1. The van der Waals surface area contributed by atoms with E-state index in [2.05, 4.69) is 49.2 Å². The molecule has 3 heterocycles. The minimum Gasteiger partial charge on any atom is -0.350 e. The van der Waals surface area contributed by atoms with Crippen molar-refractivity contribution in [3.05, 3.63) is 36.7 Å². The van der Waals surface area contributed by atoms with E-state index in [0.717, 1.165) is 40.5 Å². The first-order chi connectivity index (χ1) is 12.7. The highest BCUT2D eigenvalue weighted by atomic mass is 15.4. The molecule has 2 N–H and O–H groups in total. The van der Waals surface area contributed by atoms with Crippen molar-refractivity contribution in [1.82, 2.24) is 34.9 Å². The molecule has 3 aromatic heterocycles. The van der Waals surface area contributed by atoms with Crippen LogP contribution in [0.1, 0.15) is 12.8 Å². The van der Waals surface area contributed by atoms with E-state index >= 15 is 0 Å². The van der Waals surface area contributed by atoms with Crippen molar-refractivity contribution >= 4 is 22.5 Å². The average molecular weight is 348 g/mol. The zero-order valence-electron chi connectivity index (χ0n) is 14.7. The van der Waals surface area contributed by atoms with Crippen LogP contribution in [0, 0.1) is 0 Å². The summed E-state index contributed by atoms with van der Waals surface area (Å²) in [5.74, 6) is 0.672. The third-order valence-electron chi connectivity index (χ3n) is 5.22. The Balaban J connectivity index is 1.46. The minimum atomic E-state index is 0.444. The van der Waals surface area contributed by atoms with Gasteiger partial charge in [0.15, 0.2) is 0 Å². The van der Waals surface area contributed by atoms with E-state index in [1.54, 1.807) is 4.68 Å². The molecule has 0 amide bonds. The number of nitrogens with one attached hydrogen (secondary N) is 2. The lowest BCUT2D eigenvalue weighted by atomic mass is 9.87. The lowest BCUT2D eigenvalue weighted by Crippen LogP contribution is -2.46. The van der Waals surface area contributed by atoms with E-state index in [0.29, 0.717) is 18.0 Å². The van der Waals surface area contributed by atoms with Gasteiger partial charge in [-0.15, -0.1) is 10.2 Å². The predicted molar refractivity (Wildman–Crippen MR) is 100.0 cm³/mol. The molecule has 1 aliphatic carbocycles. The van der Waals surface area contributed by atoms with Gasteiger partial charge in [-0.3, -0.25) is 0 Å². The van der Waals surface area contributed by atoms with E-state index < -0.39 is 0 Å². The highest BCUT2D eigenvalue weighted by molar-refractivity contribution is 5.87. The van der Waals surface area contributed by atoms with Crippen LogP contribution in [0.4, 0.5) is 5.95 Å². The first-order valence-corrected chi connectivity index (χ1v) is 8.79. The molecule has 1 fully saturated rings. The molecule has 0 unspecified atom stereocenters. The summed E-state index contributed by atoms with van der Waals surface area (Å²) in [5, 5.41) is 19.5. The van der Waals surface area contributed by atoms with Crippen LogP contribution in [-0.2, 0) is 7.05 Å². The van der Waals surface area contributed by atoms with Crippen molar-refractivity contribution in [1.29, 1.82) is 0 Å². The predicted octanol–water partition coefficient (Wildman–Crippen LogP) is 1.84. The summed E-state index contributed by atoms with van der Waals surface area (Å²) in [6.45, 7) is 0. The number of fused-ring (bicyclic) bond motifs is 2. The van der Waals surface area contributed by atoms with E-state index in [-0.39, 0.29) is 0 Å². The summed E-state index contributed by atoms with van der Waals surface area (Å²) >= 11 is 0. The minimum absolute atomic E-state index is 0.444. The first kappa shape index (κ1) is 15.3. The van der Waals surface area contributed by atoms with Crippen molar-refractivity contribution in [2.45, 2.75) is 24.9 Å². The highest BCUT2D eigenvalue weighted by Crippen LogP contribution is 2.28. The molecule has 4 aromatic rings. The summed E-state index contributed by atoms with van der Waals surface area (Å²) < 4.78 is 3.66. The molecular weight excluding hydrogens is 328 g/mol. The van der Waals surface area contributed by atoms with E-state index in [4.69, 9.17) is 0 Å². The molecule has 0 radical (unpaired) electrons. The van der Waals surface area contributed by atoms with E-state index in [1.807, 2.05) is 37.1 Å².